The molecule has 0 saturated heterocycles. The van der Waals surface area contributed by atoms with Crippen LogP contribution in [0.25, 0.3) is 0 Å². The summed E-state index contributed by atoms with van der Waals surface area (Å²) in [5.74, 6) is 0.478. The van der Waals surface area contributed by atoms with E-state index in [4.69, 9.17) is 32.1 Å². The molecule has 20 heavy (non-hydrogen) atoms. The normalized spacial score (nSPS) is 12.0. The molecule has 0 spiro atoms. The van der Waals surface area contributed by atoms with E-state index in [-0.39, 0.29) is 17.4 Å². The number of hydrogen-bond donors (Lipinski definition) is 3. The fourth-order valence-corrected chi connectivity index (χ4v) is 1.92. The number of anilines is 1. The van der Waals surface area contributed by atoms with Gasteiger partial charge in [-0.15, -0.1) is 0 Å². The monoisotopic (exact) mass is 292 g/mol. The summed E-state index contributed by atoms with van der Waals surface area (Å²) in [5, 5.41) is 18.9. The Hall–Kier alpha value is -1.76. The number of ether oxygens (including phenoxy) is 1. The first-order valence-corrected chi connectivity index (χ1v) is 6.39. The summed E-state index contributed by atoms with van der Waals surface area (Å²) in [6.45, 7) is 1.84. The minimum Gasteiger partial charge on any atom is -0.482 e. The second kappa shape index (κ2) is 6.13. The molecule has 2 rings (SSSR count). The molecule has 0 amide bonds. The van der Waals surface area contributed by atoms with Crippen molar-refractivity contribution in [2.24, 2.45) is 0 Å². The molecule has 0 aliphatic carbocycles. The van der Waals surface area contributed by atoms with Crippen LogP contribution in [0.4, 0.5) is 5.82 Å². The molecule has 5 nitrogen and oxygen atoms in total. The molecular weight excluding hydrogens is 278 g/mol. The standard InChI is InChI=1S/C13H14BClN2O3/c1-8(9-3-2-4-11(15)5-9)20-12-6-10(14(18)19)7-17-13(12)16/h2-8,18-19H,1H3,(H2,16,17). The Morgan fingerprint density at radius 2 is 2.10 bits per heavy atom. The van der Waals surface area contributed by atoms with Crippen molar-refractivity contribution in [3.05, 3.63) is 47.1 Å². The lowest BCUT2D eigenvalue weighted by Gasteiger charge is -2.17. The third-order valence-electron chi connectivity index (χ3n) is 2.82. The summed E-state index contributed by atoms with van der Waals surface area (Å²) in [7, 11) is -1.62. The van der Waals surface area contributed by atoms with E-state index in [2.05, 4.69) is 4.98 Å². The fourth-order valence-electron chi connectivity index (χ4n) is 1.72. The minimum absolute atomic E-state index is 0.184. The number of aromatic nitrogens is 1. The molecule has 4 N–H and O–H groups in total. The van der Waals surface area contributed by atoms with Gasteiger partial charge in [0.15, 0.2) is 11.6 Å². The quantitative estimate of drug-likeness (QED) is 0.735. The maximum absolute atomic E-state index is 9.13. The number of nitrogens with zero attached hydrogens (tertiary/aromatic N) is 1. The molecule has 1 aromatic heterocycles. The molecule has 1 aromatic carbocycles. The van der Waals surface area contributed by atoms with Crippen molar-refractivity contribution in [2.75, 3.05) is 5.73 Å². The van der Waals surface area contributed by atoms with E-state index in [0.29, 0.717) is 10.8 Å². The molecule has 104 valence electrons. The Morgan fingerprint density at radius 3 is 2.75 bits per heavy atom. The maximum atomic E-state index is 9.13. The molecule has 0 aliphatic rings. The highest BCUT2D eigenvalue weighted by atomic mass is 35.5. The van der Waals surface area contributed by atoms with Gasteiger partial charge in [-0.3, -0.25) is 0 Å². The molecule has 0 saturated carbocycles. The number of nitrogens with two attached hydrogens (primary N) is 1. The van der Waals surface area contributed by atoms with Gasteiger partial charge in [-0.2, -0.15) is 0 Å². The zero-order valence-electron chi connectivity index (χ0n) is 10.8. The lowest BCUT2D eigenvalue weighted by molar-refractivity contribution is 0.227. The summed E-state index contributed by atoms with van der Waals surface area (Å²) in [6, 6.07) is 8.73. The zero-order chi connectivity index (χ0) is 14.7. The molecule has 7 heteroatoms. The minimum atomic E-state index is -1.62. The third-order valence-corrected chi connectivity index (χ3v) is 3.06. The van der Waals surface area contributed by atoms with Gasteiger partial charge in [0.1, 0.15) is 6.10 Å². The SMILES string of the molecule is CC(Oc1cc(B(O)O)cnc1N)c1cccc(Cl)c1. The van der Waals surface area contributed by atoms with Crippen LogP contribution in [-0.2, 0) is 0 Å². The van der Waals surface area contributed by atoms with E-state index in [1.165, 1.54) is 12.3 Å². The average Bonchev–Trinajstić information content (AvgIpc) is 2.41. The summed E-state index contributed by atoms with van der Waals surface area (Å²) in [6.07, 6.45) is 0.987. The van der Waals surface area contributed by atoms with Gasteiger partial charge in [-0.1, -0.05) is 23.7 Å². The maximum Gasteiger partial charge on any atom is 0.490 e. The van der Waals surface area contributed by atoms with Gasteiger partial charge in [0.25, 0.3) is 0 Å². The van der Waals surface area contributed by atoms with Crippen LogP contribution in [0, 0.1) is 0 Å². The molecule has 2 aromatic rings. The van der Waals surface area contributed by atoms with Crippen LogP contribution in [-0.4, -0.2) is 22.2 Å². The van der Waals surface area contributed by atoms with Gasteiger partial charge < -0.3 is 20.5 Å². The number of benzene rings is 1. The van der Waals surface area contributed by atoms with Gasteiger partial charge in [0.05, 0.1) is 0 Å². The molecule has 0 bridgehead atoms. The second-order valence-corrected chi connectivity index (χ2v) is 4.78. The number of pyridine rings is 1. The second-order valence-electron chi connectivity index (χ2n) is 4.34. The first-order valence-electron chi connectivity index (χ1n) is 6.01. The number of nitrogen functional groups attached to an aromatic ring is 1. The highest BCUT2D eigenvalue weighted by Crippen LogP contribution is 2.26. The molecular formula is C13H14BClN2O3. The Labute approximate surface area is 122 Å². The highest BCUT2D eigenvalue weighted by Gasteiger charge is 2.16. The fraction of sp³-hybridized carbons (Fsp3) is 0.154. The molecule has 0 aliphatic heterocycles. The first kappa shape index (κ1) is 14.6. The Morgan fingerprint density at radius 1 is 1.35 bits per heavy atom. The number of hydrogen-bond acceptors (Lipinski definition) is 5. The largest absolute Gasteiger partial charge is 0.490 e. The van der Waals surface area contributed by atoms with Crippen molar-refractivity contribution < 1.29 is 14.8 Å². The predicted octanol–water partition coefficient (Wildman–Crippen LogP) is 1.14. The zero-order valence-corrected chi connectivity index (χ0v) is 11.6. The first-order chi connectivity index (χ1) is 9.47. The molecule has 1 heterocycles. The van der Waals surface area contributed by atoms with Crippen LogP contribution in [0.5, 0.6) is 5.75 Å². The Bertz CT molecular complexity index is 610. The van der Waals surface area contributed by atoms with Crippen LogP contribution in [0.2, 0.25) is 5.02 Å². The summed E-state index contributed by atoms with van der Waals surface area (Å²) < 4.78 is 5.71. The van der Waals surface area contributed by atoms with E-state index < -0.39 is 7.12 Å². The predicted molar refractivity (Wildman–Crippen MR) is 79.0 cm³/mol. The topological polar surface area (TPSA) is 88.6 Å². The van der Waals surface area contributed by atoms with Gasteiger partial charge in [-0.05, 0) is 30.7 Å². The van der Waals surface area contributed by atoms with E-state index >= 15 is 0 Å². The summed E-state index contributed by atoms with van der Waals surface area (Å²) in [5.41, 5.74) is 6.82. The number of rotatable bonds is 4. The van der Waals surface area contributed by atoms with E-state index in [9.17, 15) is 0 Å². The van der Waals surface area contributed by atoms with Crippen LogP contribution in [0.1, 0.15) is 18.6 Å². The van der Waals surface area contributed by atoms with E-state index in [1.54, 1.807) is 12.1 Å². The van der Waals surface area contributed by atoms with E-state index in [0.717, 1.165) is 5.56 Å². The third kappa shape index (κ3) is 3.42. The Kier molecular flexibility index (Phi) is 4.49. The summed E-state index contributed by atoms with van der Waals surface area (Å²) in [4.78, 5) is 3.87. The van der Waals surface area contributed by atoms with Gasteiger partial charge in [-0.25, -0.2) is 4.98 Å². The van der Waals surface area contributed by atoms with Crippen molar-refractivity contribution in [1.82, 2.24) is 4.98 Å². The number of halogens is 1. The van der Waals surface area contributed by atoms with Crippen LogP contribution < -0.4 is 15.9 Å². The molecule has 0 fully saturated rings. The van der Waals surface area contributed by atoms with Crippen molar-refractivity contribution in [3.63, 3.8) is 0 Å². The Balaban J connectivity index is 2.23. The van der Waals surface area contributed by atoms with Crippen molar-refractivity contribution >= 4 is 30.0 Å². The lowest BCUT2D eigenvalue weighted by atomic mass is 9.81. The van der Waals surface area contributed by atoms with Gasteiger partial charge in [0, 0.05) is 16.7 Å². The smallest absolute Gasteiger partial charge is 0.482 e. The van der Waals surface area contributed by atoms with Crippen LogP contribution in [0.3, 0.4) is 0 Å². The van der Waals surface area contributed by atoms with Crippen molar-refractivity contribution in [2.45, 2.75) is 13.0 Å². The highest BCUT2D eigenvalue weighted by molar-refractivity contribution is 6.58. The van der Waals surface area contributed by atoms with Gasteiger partial charge >= 0.3 is 7.12 Å². The van der Waals surface area contributed by atoms with Crippen molar-refractivity contribution in [3.8, 4) is 5.75 Å². The van der Waals surface area contributed by atoms with Crippen LogP contribution in [0.15, 0.2) is 36.5 Å². The average molecular weight is 293 g/mol. The molecule has 1 atom stereocenters. The van der Waals surface area contributed by atoms with Crippen LogP contribution >= 0.6 is 11.6 Å². The molecule has 1 unspecified atom stereocenters. The van der Waals surface area contributed by atoms with Gasteiger partial charge in [0.2, 0.25) is 0 Å². The lowest BCUT2D eigenvalue weighted by Crippen LogP contribution is -2.30. The molecule has 0 radical (unpaired) electrons. The van der Waals surface area contributed by atoms with E-state index in [1.807, 2.05) is 19.1 Å². The summed E-state index contributed by atoms with van der Waals surface area (Å²) >= 11 is 5.93. The van der Waals surface area contributed by atoms with Crippen molar-refractivity contribution in [1.29, 1.82) is 0 Å².